The second-order valence-corrected chi connectivity index (χ2v) is 7.37. The lowest BCUT2D eigenvalue weighted by Crippen LogP contribution is -2.32. The zero-order chi connectivity index (χ0) is 19.9. The number of hydrogen-bond acceptors (Lipinski definition) is 5. The van der Waals surface area contributed by atoms with Gasteiger partial charge in [-0.15, -0.1) is 0 Å². The normalized spacial score (nSPS) is 15.5. The van der Waals surface area contributed by atoms with Crippen molar-refractivity contribution in [3.05, 3.63) is 38.7 Å². The topological polar surface area (TPSA) is 100 Å². The number of aromatic nitrogens is 3. The van der Waals surface area contributed by atoms with Crippen LogP contribution >= 0.6 is 0 Å². The Labute approximate surface area is 164 Å². The highest BCUT2D eigenvalue weighted by Gasteiger charge is 2.13. The molecule has 0 saturated carbocycles. The number of aryl methyl sites for hydroxylation is 1. The van der Waals surface area contributed by atoms with E-state index >= 15 is 0 Å². The van der Waals surface area contributed by atoms with Gasteiger partial charge >= 0.3 is 5.69 Å². The van der Waals surface area contributed by atoms with Crippen LogP contribution in [0.1, 0.15) is 55.8 Å². The molecule has 8 heteroatoms. The molecule has 28 heavy (non-hydrogen) atoms. The van der Waals surface area contributed by atoms with E-state index in [2.05, 4.69) is 20.2 Å². The average molecular weight is 387 g/mol. The van der Waals surface area contributed by atoms with Gasteiger partial charge in [0.15, 0.2) is 0 Å². The quantitative estimate of drug-likeness (QED) is 0.701. The predicted octanol–water partition coefficient (Wildman–Crippen LogP) is 1.49. The Morgan fingerprint density at radius 2 is 1.93 bits per heavy atom. The lowest BCUT2D eigenvalue weighted by atomic mass is 10.2. The summed E-state index contributed by atoms with van der Waals surface area (Å²) < 4.78 is 1.43. The third-order valence-electron chi connectivity index (χ3n) is 5.18. The zero-order valence-corrected chi connectivity index (χ0v) is 16.5. The van der Waals surface area contributed by atoms with Crippen LogP contribution in [0.4, 0.5) is 0 Å². The largest absolute Gasteiger partial charge is 0.352 e. The summed E-state index contributed by atoms with van der Waals surface area (Å²) in [5.41, 5.74) is -0.351. The summed E-state index contributed by atoms with van der Waals surface area (Å²) in [5.74, 6) is -0.252. The first kappa shape index (κ1) is 20.3. The van der Waals surface area contributed by atoms with Gasteiger partial charge in [0, 0.05) is 19.3 Å². The maximum atomic E-state index is 12.4. The lowest BCUT2D eigenvalue weighted by Gasteiger charge is -2.19. The van der Waals surface area contributed by atoms with Gasteiger partial charge in [-0.25, -0.2) is 9.78 Å². The number of pyridine rings is 1. The third-order valence-corrected chi connectivity index (χ3v) is 5.18. The number of H-pyrrole nitrogens is 1. The summed E-state index contributed by atoms with van der Waals surface area (Å²) in [6.07, 6.45) is 8.20. The molecule has 2 N–H and O–H groups in total. The van der Waals surface area contributed by atoms with E-state index in [9.17, 15) is 14.4 Å². The van der Waals surface area contributed by atoms with E-state index in [-0.39, 0.29) is 11.3 Å². The number of nitrogens with zero attached hydrogens (tertiary/aromatic N) is 3. The molecule has 1 aliphatic rings. The molecular weight excluding hydrogens is 358 g/mol. The highest BCUT2D eigenvalue weighted by molar-refractivity contribution is 5.96. The van der Waals surface area contributed by atoms with E-state index in [0.717, 1.165) is 32.5 Å². The molecule has 0 aliphatic carbocycles. The Morgan fingerprint density at radius 3 is 2.64 bits per heavy atom. The fourth-order valence-electron chi connectivity index (χ4n) is 3.69. The van der Waals surface area contributed by atoms with Crippen LogP contribution in [-0.4, -0.2) is 51.5 Å². The van der Waals surface area contributed by atoms with Gasteiger partial charge in [0.2, 0.25) is 0 Å². The molecule has 152 valence electrons. The second kappa shape index (κ2) is 9.64. The maximum Gasteiger partial charge on any atom is 0.329 e. The number of nitrogens with one attached hydrogen (secondary N) is 2. The van der Waals surface area contributed by atoms with Crippen molar-refractivity contribution in [1.29, 1.82) is 0 Å². The van der Waals surface area contributed by atoms with Gasteiger partial charge in [-0.1, -0.05) is 19.8 Å². The van der Waals surface area contributed by atoms with Gasteiger partial charge in [0.1, 0.15) is 5.65 Å². The van der Waals surface area contributed by atoms with E-state index in [1.54, 1.807) is 0 Å². The van der Waals surface area contributed by atoms with Crippen molar-refractivity contribution in [3.63, 3.8) is 0 Å². The SMILES string of the molecule is CCCn1c(=O)[nH]c(=O)c2cc(C(=O)NCCCN3CCCCCC3)cnc21. The number of aromatic amines is 1. The summed E-state index contributed by atoms with van der Waals surface area (Å²) in [4.78, 5) is 45.6. The molecule has 3 heterocycles. The minimum Gasteiger partial charge on any atom is -0.352 e. The van der Waals surface area contributed by atoms with Crippen molar-refractivity contribution in [2.75, 3.05) is 26.2 Å². The van der Waals surface area contributed by atoms with Crippen molar-refractivity contribution in [2.45, 2.75) is 52.0 Å². The standard InChI is InChI=1S/C20H29N5O3/c1-2-9-25-17-16(19(27)23-20(25)28)13-15(14-22-17)18(26)21-8-7-12-24-10-5-3-4-6-11-24/h13-14H,2-12H2,1H3,(H,21,26)(H,23,27,28). The summed E-state index contributed by atoms with van der Waals surface area (Å²) in [5, 5.41) is 3.16. The molecule has 3 rings (SSSR count). The van der Waals surface area contributed by atoms with Crippen LogP contribution in [0.25, 0.3) is 11.0 Å². The van der Waals surface area contributed by atoms with Gasteiger partial charge in [0.05, 0.1) is 10.9 Å². The molecule has 8 nitrogen and oxygen atoms in total. The first-order valence-corrected chi connectivity index (χ1v) is 10.2. The highest BCUT2D eigenvalue weighted by Crippen LogP contribution is 2.10. The molecule has 0 bridgehead atoms. The Hall–Kier alpha value is -2.48. The smallest absolute Gasteiger partial charge is 0.329 e. The Balaban J connectivity index is 1.63. The molecule has 2 aromatic heterocycles. The molecule has 0 radical (unpaired) electrons. The van der Waals surface area contributed by atoms with Crippen LogP contribution in [0.3, 0.4) is 0 Å². The fourth-order valence-corrected chi connectivity index (χ4v) is 3.69. The molecule has 0 aromatic carbocycles. The Morgan fingerprint density at radius 1 is 1.18 bits per heavy atom. The molecule has 0 unspecified atom stereocenters. The van der Waals surface area contributed by atoms with E-state index in [4.69, 9.17) is 0 Å². The summed E-state index contributed by atoms with van der Waals surface area (Å²) in [6, 6.07) is 1.51. The zero-order valence-electron chi connectivity index (χ0n) is 16.5. The van der Waals surface area contributed by atoms with Crippen LogP contribution in [0.2, 0.25) is 0 Å². The van der Waals surface area contributed by atoms with Gasteiger partial charge in [-0.2, -0.15) is 0 Å². The molecule has 0 spiro atoms. The van der Waals surface area contributed by atoms with Crippen molar-refractivity contribution < 1.29 is 4.79 Å². The van der Waals surface area contributed by atoms with Gasteiger partial charge in [-0.05, 0) is 51.4 Å². The number of carbonyl (C=O) groups excluding carboxylic acids is 1. The van der Waals surface area contributed by atoms with E-state index in [1.165, 1.54) is 42.5 Å². The van der Waals surface area contributed by atoms with Crippen LogP contribution in [-0.2, 0) is 6.54 Å². The number of likely N-dealkylation sites (tertiary alicyclic amines) is 1. The van der Waals surface area contributed by atoms with Crippen molar-refractivity contribution in [1.82, 2.24) is 24.8 Å². The molecule has 0 atom stereocenters. The van der Waals surface area contributed by atoms with E-state index in [0.29, 0.717) is 24.3 Å². The Bertz CT molecular complexity index is 926. The van der Waals surface area contributed by atoms with Crippen molar-refractivity contribution in [2.24, 2.45) is 0 Å². The molecule has 2 aromatic rings. The molecule has 1 fully saturated rings. The Kier molecular flexibility index (Phi) is 6.97. The fraction of sp³-hybridized carbons (Fsp3) is 0.600. The molecular formula is C20H29N5O3. The summed E-state index contributed by atoms with van der Waals surface area (Å²) in [6.45, 7) is 6.26. The lowest BCUT2D eigenvalue weighted by molar-refractivity contribution is 0.0951. The predicted molar refractivity (Wildman–Crippen MR) is 109 cm³/mol. The van der Waals surface area contributed by atoms with Crippen LogP contribution < -0.4 is 16.6 Å². The van der Waals surface area contributed by atoms with E-state index in [1.807, 2.05) is 6.92 Å². The van der Waals surface area contributed by atoms with Gasteiger partial charge < -0.3 is 10.2 Å². The molecule has 1 saturated heterocycles. The van der Waals surface area contributed by atoms with Crippen molar-refractivity contribution in [3.8, 4) is 0 Å². The average Bonchev–Trinajstić information content (AvgIpc) is 2.97. The maximum absolute atomic E-state index is 12.4. The highest BCUT2D eigenvalue weighted by atomic mass is 16.2. The number of carbonyl (C=O) groups is 1. The van der Waals surface area contributed by atoms with Crippen LogP contribution in [0.15, 0.2) is 21.9 Å². The number of fused-ring (bicyclic) bond motifs is 1. The minimum absolute atomic E-state index is 0.252. The number of rotatable bonds is 7. The van der Waals surface area contributed by atoms with Gasteiger partial charge in [-0.3, -0.25) is 19.1 Å². The van der Waals surface area contributed by atoms with Crippen LogP contribution in [0.5, 0.6) is 0 Å². The summed E-state index contributed by atoms with van der Waals surface area (Å²) >= 11 is 0. The third kappa shape index (κ3) is 4.86. The molecule has 1 amide bonds. The van der Waals surface area contributed by atoms with Crippen LogP contribution in [0, 0.1) is 0 Å². The first-order chi connectivity index (χ1) is 13.6. The minimum atomic E-state index is -0.518. The monoisotopic (exact) mass is 387 g/mol. The van der Waals surface area contributed by atoms with Gasteiger partial charge in [0.25, 0.3) is 11.5 Å². The summed E-state index contributed by atoms with van der Waals surface area (Å²) in [7, 11) is 0. The first-order valence-electron chi connectivity index (χ1n) is 10.2. The number of hydrogen-bond donors (Lipinski definition) is 2. The van der Waals surface area contributed by atoms with E-state index < -0.39 is 11.2 Å². The molecule has 1 aliphatic heterocycles. The number of amides is 1. The van der Waals surface area contributed by atoms with Crippen molar-refractivity contribution >= 4 is 16.9 Å². The second-order valence-electron chi connectivity index (χ2n) is 7.37.